The van der Waals surface area contributed by atoms with Crippen LogP contribution in [0.15, 0.2) is 0 Å². The molecule has 10 heavy (non-hydrogen) atoms. The average molecular weight is 142 g/mol. The van der Waals surface area contributed by atoms with E-state index in [1.54, 1.807) is 0 Å². The van der Waals surface area contributed by atoms with Crippen molar-refractivity contribution >= 4 is 5.97 Å². The van der Waals surface area contributed by atoms with Gasteiger partial charge in [0.05, 0.1) is 12.5 Å². The predicted molar refractivity (Wildman–Crippen MR) is 35.1 cm³/mol. The lowest BCUT2D eigenvalue weighted by Gasteiger charge is -2.02. The largest absolute Gasteiger partial charge is 0.481 e. The van der Waals surface area contributed by atoms with Gasteiger partial charge in [0.1, 0.15) is 0 Å². The van der Waals surface area contributed by atoms with Crippen LogP contribution >= 0.6 is 0 Å². The summed E-state index contributed by atoms with van der Waals surface area (Å²) in [5.41, 5.74) is 5.35. The summed E-state index contributed by atoms with van der Waals surface area (Å²) >= 11 is 0. The topological polar surface area (TPSA) is 87.1 Å². The molecule has 4 nitrogen and oxygen atoms in total. The van der Waals surface area contributed by atoms with E-state index < -0.39 is 5.97 Å². The Balaban J connectivity index is 3.32. The van der Waals surface area contributed by atoms with Crippen LogP contribution in [0.3, 0.4) is 0 Å². The average Bonchev–Trinajstić information content (AvgIpc) is 1.85. The van der Waals surface area contributed by atoms with E-state index in [2.05, 4.69) is 0 Å². The second-order valence-electron chi connectivity index (χ2n) is 2.05. The summed E-state index contributed by atoms with van der Waals surface area (Å²) in [5.74, 6) is -0.867. The summed E-state index contributed by atoms with van der Waals surface area (Å²) in [6.45, 7) is 0. The molecule has 0 fully saturated rings. The van der Waals surface area contributed by atoms with Gasteiger partial charge in [-0.05, 0) is 6.42 Å². The number of hydrogen-bond donors (Lipinski definition) is 2. The van der Waals surface area contributed by atoms with Crippen LogP contribution in [0, 0.1) is 11.3 Å². The number of nitriles is 1. The predicted octanol–water partition coefficient (Wildman–Crippen LogP) is 0.0922. The monoisotopic (exact) mass is 142 g/mol. The molecule has 0 radical (unpaired) electrons. The van der Waals surface area contributed by atoms with Crippen LogP contribution in [0.1, 0.15) is 19.3 Å². The van der Waals surface area contributed by atoms with E-state index in [-0.39, 0.29) is 18.9 Å². The molecule has 56 valence electrons. The minimum atomic E-state index is -0.867. The number of carbonyl (C=O) groups is 1. The number of hydrogen-bond acceptors (Lipinski definition) is 3. The fourth-order valence-corrected chi connectivity index (χ4v) is 0.528. The van der Waals surface area contributed by atoms with Crippen LogP contribution in [-0.4, -0.2) is 17.1 Å². The molecule has 0 aliphatic carbocycles. The van der Waals surface area contributed by atoms with E-state index in [1.165, 1.54) is 0 Å². The summed E-state index contributed by atoms with van der Waals surface area (Å²) in [5, 5.41) is 16.3. The fraction of sp³-hybridized carbons (Fsp3) is 0.667. The molecule has 3 N–H and O–H groups in total. The summed E-state index contributed by atoms with van der Waals surface area (Å²) in [6, 6.07) is 1.58. The zero-order chi connectivity index (χ0) is 7.98. The number of aliphatic carboxylic acids is 1. The maximum absolute atomic E-state index is 9.97. The molecule has 0 aliphatic heterocycles. The molecule has 0 aromatic carbocycles. The summed E-state index contributed by atoms with van der Waals surface area (Å²) in [6.07, 6.45) is 0.652. The lowest BCUT2D eigenvalue weighted by molar-refractivity contribution is -0.137. The third kappa shape index (κ3) is 5.06. The number of carboxylic acids is 1. The Kier molecular flexibility index (Phi) is 4.25. The molecular formula is C6H10N2O2. The lowest BCUT2D eigenvalue weighted by Crippen LogP contribution is -2.20. The van der Waals surface area contributed by atoms with Crippen molar-refractivity contribution in [2.24, 2.45) is 5.73 Å². The van der Waals surface area contributed by atoms with Gasteiger partial charge in [-0.2, -0.15) is 5.26 Å². The van der Waals surface area contributed by atoms with Crippen molar-refractivity contribution in [3.05, 3.63) is 0 Å². The maximum atomic E-state index is 9.97. The van der Waals surface area contributed by atoms with E-state index in [0.717, 1.165) is 0 Å². The van der Waals surface area contributed by atoms with Crippen molar-refractivity contribution in [3.8, 4) is 6.07 Å². The Morgan fingerprint density at radius 1 is 1.80 bits per heavy atom. The third-order valence-corrected chi connectivity index (χ3v) is 1.08. The molecule has 0 saturated carbocycles. The first-order valence-corrected chi connectivity index (χ1v) is 3.01. The van der Waals surface area contributed by atoms with Gasteiger partial charge in [0, 0.05) is 12.5 Å². The fourth-order valence-electron chi connectivity index (χ4n) is 0.528. The highest BCUT2D eigenvalue weighted by Crippen LogP contribution is 1.97. The lowest BCUT2D eigenvalue weighted by atomic mass is 10.1. The molecule has 0 aromatic rings. The Morgan fingerprint density at radius 2 is 2.40 bits per heavy atom. The highest BCUT2D eigenvalue weighted by molar-refractivity contribution is 5.66. The Morgan fingerprint density at radius 3 is 2.80 bits per heavy atom. The van der Waals surface area contributed by atoms with Gasteiger partial charge in [0.15, 0.2) is 0 Å². The van der Waals surface area contributed by atoms with Gasteiger partial charge in [-0.25, -0.2) is 0 Å². The zero-order valence-corrected chi connectivity index (χ0v) is 5.58. The van der Waals surface area contributed by atoms with Crippen molar-refractivity contribution in [1.29, 1.82) is 5.26 Å². The van der Waals surface area contributed by atoms with E-state index in [4.69, 9.17) is 16.1 Å². The molecule has 0 rings (SSSR count). The van der Waals surface area contributed by atoms with Gasteiger partial charge < -0.3 is 10.8 Å². The molecule has 0 unspecified atom stereocenters. The van der Waals surface area contributed by atoms with Crippen LogP contribution in [0.25, 0.3) is 0 Å². The Labute approximate surface area is 59.3 Å². The molecule has 0 aliphatic rings. The molecule has 0 saturated heterocycles. The van der Waals surface area contributed by atoms with Crippen molar-refractivity contribution in [1.82, 2.24) is 0 Å². The SMILES string of the molecule is N#CC[C@@H](N)CCC(=O)O. The standard InChI is InChI=1S/C6H10N2O2/c7-4-3-5(8)1-2-6(9)10/h5H,1-3,8H2,(H,9,10)/t5-/m0/s1. The van der Waals surface area contributed by atoms with Crippen LogP contribution in [-0.2, 0) is 4.79 Å². The minimum absolute atomic E-state index is 0.0445. The van der Waals surface area contributed by atoms with Crippen LogP contribution < -0.4 is 5.73 Å². The summed E-state index contributed by atoms with van der Waals surface area (Å²) in [7, 11) is 0. The number of rotatable bonds is 4. The first kappa shape index (κ1) is 8.92. The number of carboxylic acid groups (broad SMARTS) is 1. The molecule has 0 heterocycles. The van der Waals surface area contributed by atoms with E-state index in [0.29, 0.717) is 6.42 Å². The van der Waals surface area contributed by atoms with Gasteiger partial charge in [0.25, 0.3) is 0 Å². The number of nitrogens with two attached hydrogens (primary N) is 1. The quantitative estimate of drug-likeness (QED) is 0.582. The zero-order valence-electron chi connectivity index (χ0n) is 5.58. The second-order valence-corrected chi connectivity index (χ2v) is 2.05. The molecule has 0 amide bonds. The smallest absolute Gasteiger partial charge is 0.303 e. The van der Waals surface area contributed by atoms with E-state index in [1.807, 2.05) is 6.07 Å². The Hall–Kier alpha value is -1.08. The van der Waals surface area contributed by atoms with E-state index in [9.17, 15) is 4.79 Å². The molecule has 4 heteroatoms. The van der Waals surface area contributed by atoms with Gasteiger partial charge in [-0.3, -0.25) is 4.79 Å². The van der Waals surface area contributed by atoms with Gasteiger partial charge in [-0.1, -0.05) is 0 Å². The van der Waals surface area contributed by atoms with Crippen LogP contribution in [0.4, 0.5) is 0 Å². The Bertz CT molecular complexity index is 150. The molecule has 0 bridgehead atoms. The van der Waals surface area contributed by atoms with E-state index >= 15 is 0 Å². The normalized spacial score (nSPS) is 12.0. The molecule has 0 spiro atoms. The first-order chi connectivity index (χ1) is 4.66. The summed E-state index contributed by atoms with van der Waals surface area (Å²) < 4.78 is 0. The maximum Gasteiger partial charge on any atom is 0.303 e. The van der Waals surface area contributed by atoms with Crippen LogP contribution in [0.5, 0.6) is 0 Å². The molecule has 1 atom stereocenters. The number of nitrogens with zero attached hydrogens (tertiary/aromatic N) is 1. The van der Waals surface area contributed by atoms with Crippen molar-refractivity contribution < 1.29 is 9.90 Å². The van der Waals surface area contributed by atoms with Crippen molar-refractivity contribution in [2.75, 3.05) is 0 Å². The first-order valence-electron chi connectivity index (χ1n) is 3.01. The van der Waals surface area contributed by atoms with Gasteiger partial charge in [-0.15, -0.1) is 0 Å². The van der Waals surface area contributed by atoms with Crippen LogP contribution in [0.2, 0.25) is 0 Å². The molecular weight excluding hydrogens is 132 g/mol. The molecule has 0 aromatic heterocycles. The van der Waals surface area contributed by atoms with Gasteiger partial charge in [0.2, 0.25) is 0 Å². The highest BCUT2D eigenvalue weighted by Gasteiger charge is 2.03. The second kappa shape index (κ2) is 4.77. The minimum Gasteiger partial charge on any atom is -0.481 e. The van der Waals surface area contributed by atoms with Crippen molar-refractivity contribution in [3.63, 3.8) is 0 Å². The van der Waals surface area contributed by atoms with Crippen molar-refractivity contribution in [2.45, 2.75) is 25.3 Å². The third-order valence-electron chi connectivity index (χ3n) is 1.08. The van der Waals surface area contributed by atoms with Gasteiger partial charge >= 0.3 is 5.97 Å². The summed E-state index contributed by atoms with van der Waals surface area (Å²) in [4.78, 5) is 9.97. The highest BCUT2D eigenvalue weighted by atomic mass is 16.4.